The van der Waals surface area contributed by atoms with Crippen LogP contribution >= 0.6 is 0 Å². The molecule has 0 saturated carbocycles. The van der Waals surface area contributed by atoms with Crippen molar-refractivity contribution in [2.75, 3.05) is 6.54 Å². The van der Waals surface area contributed by atoms with E-state index in [-0.39, 0.29) is 17.4 Å². The fourth-order valence-corrected chi connectivity index (χ4v) is 2.01. The molecule has 3 heteroatoms. The maximum Gasteiger partial charge on any atom is 0.220 e. The molecular formula is C14H28N2O. The number of carbonyl (C=O) groups excluding carboxylic acids is 1. The van der Waals surface area contributed by atoms with E-state index in [4.69, 9.17) is 0 Å². The number of piperidine rings is 1. The number of amides is 1. The lowest BCUT2D eigenvalue weighted by atomic mass is 9.88. The van der Waals surface area contributed by atoms with Crippen molar-refractivity contribution in [1.82, 2.24) is 10.6 Å². The van der Waals surface area contributed by atoms with Gasteiger partial charge in [0, 0.05) is 18.5 Å². The third kappa shape index (κ3) is 5.53. The number of carbonyl (C=O) groups is 1. The van der Waals surface area contributed by atoms with Crippen molar-refractivity contribution in [1.29, 1.82) is 0 Å². The van der Waals surface area contributed by atoms with Gasteiger partial charge in [-0.3, -0.25) is 4.79 Å². The highest BCUT2D eigenvalue weighted by Crippen LogP contribution is 2.19. The lowest BCUT2D eigenvalue weighted by Crippen LogP contribution is -2.42. The summed E-state index contributed by atoms with van der Waals surface area (Å²) in [6, 6.07) is 0.786. The van der Waals surface area contributed by atoms with Crippen LogP contribution < -0.4 is 10.6 Å². The maximum absolute atomic E-state index is 11.8. The topological polar surface area (TPSA) is 41.1 Å². The summed E-state index contributed by atoms with van der Waals surface area (Å²) in [6.07, 6.45) is 5.43. The largest absolute Gasteiger partial charge is 0.353 e. The van der Waals surface area contributed by atoms with E-state index < -0.39 is 0 Å². The van der Waals surface area contributed by atoms with Gasteiger partial charge < -0.3 is 10.6 Å². The van der Waals surface area contributed by atoms with Gasteiger partial charge in [0.1, 0.15) is 0 Å². The predicted molar refractivity (Wildman–Crippen MR) is 71.9 cm³/mol. The maximum atomic E-state index is 11.8. The minimum absolute atomic E-state index is 0.138. The van der Waals surface area contributed by atoms with Crippen LogP contribution in [0.2, 0.25) is 0 Å². The Hall–Kier alpha value is -0.570. The molecule has 1 saturated heterocycles. The second-order valence-electron chi connectivity index (χ2n) is 6.34. The summed E-state index contributed by atoms with van der Waals surface area (Å²) >= 11 is 0. The number of nitrogens with one attached hydrogen (secondary N) is 2. The van der Waals surface area contributed by atoms with Crippen LogP contribution in [0.25, 0.3) is 0 Å². The second-order valence-corrected chi connectivity index (χ2v) is 6.34. The molecule has 1 heterocycles. The molecule has 0 radical (unpaired) electrons. The summed E-state index contributed by atoms with van der Waals surface area (Å²) in [7, 11) is 0. The third-order valence-electron chi connectivity index (χ3n) is 3.81. The minimum Gasteiger partial charge on any atom is -0.353 e. The first-order chi connectivity index (χ1) is 7.89. The molecule has 0 aromatic rings. The molecule has 2 unspecified atom stereocenters. The zero-order valence-electron chi connectivity index (χ0n) is 11.8. The number of hydrogen-bond donors (Lipinski definition) is 2. The molecule has 1 fully saturated rings. The minimum atomic E-state index is 0.138. The molecule has 1 amide bonds. The molecule has 17 heavy (non-hydrogen) atoms. The molecule has 2 N–H and O–H groups in total. The van der Waals surface area contributed by atoms with Crippen molar-refractivity contribution < 1.29 is 4.79 Å². The molecule has 1 aliphatic heterocycles. The van der Waals surface area contributed by atoms with Gasteiger partial charge in [-0.05, 0) is 38.1 Å². The highest BCUT2D eigenvalue weighted by molar-refractivity contribution is 5.76. The zero-order valence-corrected chi connectivity index (χ0v) is 11.8. The Morgan fingerprint density at radius 1 is 1.41 bits per heavy atom. The molecule has 0 aliphatic carbocycles. The smallest absolute Gasteiger partial charge is 0.220 e. The van der Waals surface area contributed by atoms with Crippen molar-refractivity contribution in [3.8, 4) is 0 Å². The standard InChI is InChI=1S/C14H28N2O/c1-11(14(2,3)4)16-13(17)9-8-12-7-5-6-10-15-12/h11-12,15H,5-10H2,1-4H3,(H,16,17). The van der Waals surface area contributed by atoms with E-state index in [1.165, 1.54) is 19.3 Å². The second kappa shape index (κ2) is 6.39. The molecule has 1 aliphatic rings. The van der Waals surface area contributed by atoms with Crippen molar-refractivity contribution >= 4 is 5.91 Å². The molecule has 3 nitrogen and oxygen atoms in total. The first-order valence-corrected chi connectivity index (χ1v) is 6.92. The van der Waals surface area contributed by atoms with Crippen LogP contribution in [0.3, 0.4) is 0 Å². The summed E-state index contributed by atoms with van der Waals surface area (Å²) < 4.78 is 0. The SMILES string of the molecule is CC(NC(=O)CCC1CCCCN1)C(C)(C)C. The molecule has 2 atom stereocenters. The van der Waals surface area contributed by atoms with Gasteiger partial charge >= 0.3 is 0 Å². The Balaban J connectivity index is 2.20. The van der Waals surface area contributed by atoms with E-state index in [0.717, 1.165) is 13.0 Å². The molecule has 0 aromatic heterocycles. The first kappa shape index (κ1) is 14.5. The van der Waals surface area contributed by atoms with Crippen molar-refractivity contribution in [2.45, 2.75) is 71.9 Å². The highest BCUT2D eigenvalue weighted by Gasteiger charge is 2.22. The van der Waals surface area contributed by atoms with Crippen LogP contribution in [-0.2, 0) is 4.79 Å². The summed E-state index contributed by atoms with van der Waals surface area (Å²) in [5, 5.41) is 6.57. The molecule has 0 aromatic carbocycles. The van der Waals surface area contributed by atoms with E-state index in [1.807, 2.05) is 0 Å². The summed E-state index contributed by atoms with van der Waals surface area (Å²) in [4.78, 5) is 11.8. The van der Waals surface area contributed by atoms with E-state index in [2.05, 4.69) is 38.3 Å². The van der Waals surface area contributed by atoms with E-state index in [0.29, 0.717) is 12.5 Å². The van der Waals surface area contributed by atoms with Gasteiger partial charge in [-0.2, -0.15) is 0 Å². The predicted octanol–water partition coefficient (Wildman–Crippen LogP) is 2.46. The summed E-state index contributed by atoms with van der Waals surface area (Å²) in [6.45, 7) is 9.66. The Bertz CT molecular complexity index is 239. The van der Waals surface area contributed by atoms with Gasteiger partial charge in [-0.15, -0.1) is 0 Å². The summed E-state index contributed by atoms with van der Waals surface area (Å²) in [5.74, 6) is 0.194. The molecule has 0 spiro atoms. The van der Waals surface area contributed by atoms with Crippen molar-refractivity contribution in [3.05, 3.63) is 0 Å². The quantitative estimate of drug-likeness (QED) is 0.792. The third-order valence-corrected chi connectivity index (χ3v) is 3.81. The van der Waals surface area contributed by atoms with Gasteiger partial charge in [0.2, 0.25) is 5.91 Å². The van der Waals surface area contributed by atoms with Crippen molar-refractivity contribution in [3.63, 3.8) is 0 Å². The van der Waals surface area contributed by atoms with Gasteiger partial charge in [0.05, 0.1) is 0 Å². The number of hydrogen-bond acceptors (Lipinski definition) is 2. The van der Waals surface area contributed by atoms with Gasteiger partial charge in [0.25, 0.3) is 0 Å². The molecule has 1 rings (SSSR count). The molecule has 100 valence electrons. The average molecular weight is 240 g/mol. The number of rotatable bonds is 4. The Morgan fingerprint density at radius 3 is 2.65 bits per heavy atom. The lowest BCUT2D eigenvalue weighted by Gasteiger charge is -2.28. The molecule has 0 bridgehead atoms. The Labute approximate surface area is 106 Å². The van der Waals surface area contributed by atoms with Crippen molar-refractivity contribution in [2.24, 2.45) is 5.41 Å². The lowest BCUT2D eigenvalue weighted by molar-refractivity contribution is -0.122. The van der Waals surface area contributed by atoms with Gasteiger partial charge in [-0.1, -0.05) is 27.2 Å². The van der Waals surface area contributed by atoms with E-state index in [1.54, 1.807) is 0 Å². The van der Waals surface area contributed by atoms with Crippen LogP contribution in [0.4, 0.5) is 0 Å². The zero-order chi connectivity index (χ0) is 12.9. The van der Waals surface area contributed by atoms with Crippen LogP contribution in [0, 0.1) is 5.41 Å². The van der Waals surface area contributed by atoms with E-state index >= 15 is 0 Å². The van der Waals surface area contributed by atoms with Crippen LogP contribution in [0.5, 0.6) is 0 Å². The fraction of sp³-hybridized carbons (Fsp3) is 0.929. The highest BCUT2D eigenvalue weighted by atomic mass is 16.1. The van der Waals surface area contributed by atoms with Crippen LogP contribution in [0.15, 0.2) is 0 Å². The van der Waals surface area contributed by atoms with Crippen LogP contribution in [-0.4, -0.2) is 24.5 Å². The Morgan fingerprint density at radius 2 is 2.12 bits per heavy atom. The normalized spacial score (nSPS) is 23.2. The van der Waals surface area contributed by atoms with Gasteiger partial charge in [0.15, 0.2) is 0 Å². The Kier molecular flexibility index (Phi) is 5.44. The monoisotopic (exact) mass is 240 g/mol. The fourth-order valence-electron chi connectivity index (χ4n) is 2.01. The van der Waals surface area contributed by atoms with Crippen LogP contribution in [0.1, 0.15) is 59.8 Å². The van der Waals surface area contributed by atoms with Gasteiger partial charge in [-0.25, -0.2) is 0 Å². The average Bonchev–Trinajstić information content (AvgIpc) is 2.26. The summed E-state index contributed by atoms with van der Waals surface area (Å²) in [5.41, 5.74) is 0.138. The molecular weight excluding hydrogens is 212 g/mol. The first-order valence-electron chi connectivity index (χ1n) is 6.92. The van der Waals surface area contributed by atoms with E-state index in [9.17, 15) is 4.79 Å².